The van der Waals surface area contributed by atoms with Gasteiger partial charge in [-0.1, -0.05) is 6.07 Å². The minimum absolute atomic E-state index is 0.0361. The highest BCUT2D eigenvalue weighted by Gasteiger charge is 2.06. The Labute approximate surface area is 127 Å². The van der Waals surface area contributed by atoms with Gasteiger partial charge in [0, 0.05) is 38.1 Å². The van der Waals surface area contributed by atoms with E-state index in [0.29, 0.717) is 12.1 Å². The van der Waals surface area contributed by atoms with Crippen molar-refractivity contribution in [2.24, 2.45) is 0 Å². The molecule has 0 spiro atoms. The standard InChI is InChI=1S/C16H27N3O2/c1-13-7-8-14(17)12-15(13)18-16(20)6-4-9-19(2)10-5-11-21-3/h7-8,12H,4-6,9-11,17H2,1-3H3,(H,18,20). The van der Waals surface area contributed by atoms with Crippen LogP contribution in [0.3, 0.4) is 0 Å². The van der Waals surface area contributed by atoms with Crippen molar-refractivity contribution in [3.8, 4) is 0 Å². The van der Waals surface area contributed by atoms with Crippen molar-refractivity contribution in [2.45, 2.75) is 26.2 Å². The van der Waals surface area contributed by atoms with Crippen molar-refractivity contribution >= 4 is 17.3 Å². The number of anilines is 2. The minimum atomic E-state index is 0.0361. The lowest BCUT2D eigenvalue weighted by Crippen LogP contribution is -2.23. The van der Waals surface area contributed by atoms with Crippen molar-refractivity contribution in [3.63, 3.8) is 0 Å². The van der Waals surface area contributed by atoms with Gasteiger partial charge in [-0.15, -0.1) is 0 Å². The van der Waals surface area contributed by atoms with E-state index in [9.17, 15) is 4.79 Å². The van der Waals surface area contributed by atoms with Gasteiger partial charge < -0.3 is 20.7 Å². The summed E-state index contributed by atoms with van der Waals surface area (Å²) in [6, 6.07) is 5.54. The van der Waals surface area contributed by atoms with E-state index in [1.54, 1.807) is 13.2 Å². The summed E-state index contributed by atoms with van der Waals surface area (Å²) in [5, 5.41) is 2.92. The van der Waals surface area contributed by atoms with Gasteiger partial charge in [0.2, 0.25) is 5.91 Å². The van der Waals surface area contributed by atoms with Gasteiger partial charge in [0.15, 0.2) is 0 Å². The second-order valence-electron chi connectivity index (χ2n) is 5.38. The zero-order valence-electron chi connectivity index (χ0n) is 13.3. The number of aryl methyl sites for hydroxylation is 1. The van der Waals surface area contributed by atoms with Crippen LogP contribution in [0.5, 0.6) is 0 Å². The first-order chi connectivity index (χ1) is 10.0. The number of hydrogen-bond donors (Lipinski definition) is 2. The van der Waals surface area contributed by atoms with Crippen LogP contribution in [0.2, 0.25) is 0 Å². The molecule has 0 heterocycles. The van der Waals surface area contributed by atoms with Gasteiger partial charge in [-0.05, 0) is 51.1 Å². The van der Waals surface area contributed by atoms with Gasteiger partial charge in [-0.3, -0.25) is 4.79 Å². The molecule has 0 radical (unpaired) electrons. The molecule has 0 atom stereocenters. The van der Waals surface area contributed by atoms with E-state index in [-0.39, 0.29) is 5.91 Å². The maximum Gasteiger partial charge on any atom is 0.224 e. The molecular weight excluding hydrogens is 266 g/mol. The van der Waals surface area contributed by atoms with Crippen molar-refractivity contribution in [1.29, 1.82) is 0 Å². The average molecular weight is 293 g/mol. The van der Waals surface area contributed by atoms with Crippen LogP contribution in [0, 0.1) is 6.92 Å². The maximum atomic E-state index is 11.9. The second kappa shape index (κ2) is 9.37. The molecule has 0 aromatic heterocycles. The molecule has 5 heteroatoms. The van der Waals surface area contributed by atoms with Crippen LogP contribution in [0.1, 0.15) is 24.8 Å². The Morgan fingerprint density at radius 1 is 1.33 bits per heavy atom. The minimum Gasteiger partial charge on any atom is -0.399 e. The number of carbonyl (C=O) groups is 1. The Kier molecular flexibility index (Phi) is 7.79. The van der Waals surface area contributed by atoms with Gasteiger partial charge in [-0.25, -0.2) is 0 Å². The molecule has 0 bridgehead atoms. The normalized spacial score (nSPS) is 10.9. The summed E-state index contributed by atoms with van der Waals surface area (Å²) in [4.78, 5) is 14.1. The number of nitrogens with zero attached hydrogens (tertiary/aromatic N) is 1. The number of nitrogens with one attached hydrogen (secondary N) is 1. The first-order valence-electron chi connectivity index (χ1n) is 7.36. The lowest BCUT2D eigenvalue weighted by atomic mass is 10.1. The first-order valence-corrected chi connectivity index (χ1v) is 7.36. The molecule has 21 heavy (non-hydrogen) atoms. The van der Waals surface area contributed by atoms with E-state index in [2.05, 4.69) is 17.3 Å². The molecule has 0 aliphatic heterocycles. The molecule has 0 fully saturated rings. The number of methoxy groups -OCH3 is 1. The van der Waals surface area contributed by atoms with Crippen LogP contribution in [-0.4, -0.2) is 44.7 Å². The largest absolute Gasteiger partial charge is 0.399 e. The van der Waals surface area contributed by atoms with Crippen molar-refractivity contribution in [3.05, 3.63) is 23.8 Å². The predicted molar refractivity (Wildman–Crippen MR) is 87.4 cm³/mol. The van der Waals surface area contributed by atoms with Crippen molar-refractivity contribution in [1.82, 2.24) is 4.90 Å². The molecule has 1 aromatic carbocycles. The highest BCUT2D eigenvalue weighted by molar-refractivity contribution is 5.91. The van der Waals surface area contributed by atoms with E-state index < -0.39 is 0 Å². The quantitative estimate of drug-likeness (QED) is 0.541. The summed E-state index contributed by atoms with van der Waals surface area (Å²) < 4.78 is 5.02. The van der Waals surface area contributed by atoms with E-state index in [4.69, 9.17) is 10.5 Å². The summed E-state index contributed by atoms with van der Waals surface area (Å²) in [7, 11) is 3.78. The zero-order valence-corrected chi connectivity index (χ0v) is 13.3. The number of hydrogen-bond acceptors (Lipinski definition) is 4. The number of ether oxygens (including phenoxy) is 1. The summed E-state index contributed by atoms with van der Waals surface area (Å²) in [6.45, 7) is 4.63. The maximum absolute atomic E-state index is 11.9. The first kappa shape index (κ1) is 17.5. The summed E-state index contributed by atoms with van der Waals surface area (Å²) in [5.74, 6) is 0.0361. The molecule has 1 rings (SSSR count). The van der Waals surface area contributed by atoms with Gasteiger partial charge in [0.25, 0.3) is 0 Å². The Morgan fingerprint density at radius 3 is 2.76 bits per heavy atom. The van der Waals surface area contributed by atoms with Crippen molar-refractivity contribution in [2.75, 3.05) is 44.9 Å². The average Bonchev–Trinajstić information content (AvgIpc) is 2.43. The fourth-order valence-corrected chi connectivity index (χ4v) is 2.09. The molecule has 0 saturated heterocycles. The molecule has 3 N–H and O–H groups in total. The topological polar surface area (TPSA) is 67.6 Å². The molecule has 0 aliphatic carbocycles. The predicted octanol–water partition coefficient (Wildman–Crippen LogP) is 2.26. The van der Waals surface area contributed by atoms with Crippen LogP contribution in [0.4, 0.5) is 11.4 Å². The van der Waals surface area contributed by atoms with Gasteiger partial charge >= 0.3 is 0 Å². The molecule has 118 valence electrons. The molecule has 0 saturated carbocycles. The fourth-order valence-electron chi connectivity index (χ4n) is 2.09. The van der Waals surface area contributed by atoms with E-state index in [0.717, 1.165) is 43.8 Å². The van der Waals surface area contributed by atoms with Crippen LogP contribution in [0.25, 0.3) is 0 Å². The number of carbonyl (C=O) groups excluding carboxylic acids is 1. The van der Waals surface area contributed by atoms with E-state index in [1.807, 2.05) is 19.1 Å². The molecule has 1 aromatic rings. The Morgan fingerprint density at radius 2 is 2.05 bits per heavy atom. The van der Waals surface area contributed by atoms with Crippen LogP contribution >= 0.6 is 0 Å². The molecule has 1 amide bonds. The second-order valence-corrected chi connectivity index (χ2v) is 5.38. The SMILES string of the molecule is COCCCN(C)CCCC(=O)Nc1cc(N)ccc1C. The number of rotatable bonds is 9. The van der Waals surface area contributed by atoms with E-state index >= 15 is 0 Å². The summed E-state index contributed by atoms with van der Waals surface area (Å²) in [6.07, 6.45) is 2.38. The highest BCUT2D eigenvalue weighted by atomic mass is 16.5. The Hall–Kier alpha value is -1.59. The summed E-state index contributed by atoms with van der Waals surface area (Å²) >= 11 is 0. The molecule has 0 unspecified atom stereocenters. The third-order valence-corrected chi connectivity index (χ3v) is 3.37. The van der Waals surface area contributed by atoms with Crippen LogP contribution < -0.4 is 11.1 Å². The number of amides is 1. The fraction of sp³-hybridized carbons (Fsp3) is 0.562. The smallest absolute Gasteiger partial charge is 0.224 e. The molecular formula is C16H27N3O2. The lowest BCUT2D eigenvalue weighted by molar-refractivity contribution is -0.116. The number of nitrogen functional groups attached to an aromatic ring is 1. The van der Waals surface area contributed by atoms with Gasteiger partial charge in [0.1, 0.15) is 0 Å². The third kappa shape index (κ3) is 7.11. The molecule has 5 nitrogen and oxygen atoms in total. The summed E-state index contributed by atoms with van der Waals surface area (Å²) in [5.41, 5.74) is 8.22. The van der Waals surface area contributed by atoms with Crippen LogP contribution in [-0.2, 0) is 9.53 Å². The lowest BCUT2D eigenvalue weighted by Gasteiger charge is -2.16. The van der Waals surface area contributed by atoms with Crippen LogP contribution in [0.15, 0.2) is 18.2 Å². The van der Waals surface area contributed by atoms with E-state index in [1.165, 1.54) is 0 Å². The van der Waals surface area contributed by atoms with Crippen molar-refractivity contribution < 1.29 is 9.53 Å². The highest BCUT2D eigenvalue weighted by Crippen LogP contribution is 2.18. The Balaban J connectivity index is 2.26. The van der Waals surface area contributed by atoms with Gasteiger partial charge in [0.05, 0.1) is 0 Å². The Bertz CT molecular complexity index is 449. The van der Waals surface area contributed by atoms with Gasteiger partial charge in [-0.2, -0.15) is 0 Å². The zero-order chi connectivity index (χ0) is 15.7. The molecule has 0 aliphatic rings. The third-order valence-electron chi connectivity index (χ3n) is 3.37. The number of benzene rings is 1. The monoisotopic (exact) mass is 293 g/mol. The number of nitrogens with two attached hydrogens (primary N) is 1.